The van der Waals surface area contributed by atoms with Crippen LogP contribution in [0, 0.1) is 22.7 Å². The number of nitrogens with two attached hydrogens (primary N) is 1. The summed E-state index contributed by atoms with van der Waals surface area (Å²) in [5.74, 6) is 0.531. The van der Waals surface area contributed by atoms with Crippen molar-refractivity contribution in [3.05, 3.63) is 47.5 Å². The van der Waals surface area contributed by atoms with Crippen molar-refractivity contribution in [3.8, 4) is 23.3 Å². The van der Waals surface area contributed by atoms with E-state index in [9.17, 15) is 5.26 Å². The second-order valence-corrected chi connectivity index (χ2v) is 5.46. The number of rotatable bonds is 3. The average Bonchev–Trinajstić information content (AvgIpc) is 2.59. The van der Waals surface area contributed by atoms with Crippen LogP contribution >= 0.6 is 0 Å². The summed E-state index contributed by atoms with van der Waals surface area (Å²) in [4.78, 5) is 0. The Balaban J connectivity index is 2.17. The van der Waals surface area contributed by atoms with Gasteiger partial charge in [0.1, 0.15) is 11.7 Å². The van der Waals surface area contributed by atoms with E-state index in [0.717, 1.165) is 11.1 Å². The van der Waals surface area contributed by atoms with Gasteiger partial charge in [0.05, 0.1) is 20.3 Å². The Kier molecular flexibility index (Phi) is 4.00. The van der Waals surface area contributed by atoms with Crippen LogP contribution in [0.2, 0.25) is 0 Å². The zero-order chi connectivity index (χ0) is 17.3. The fourth-order valence-electron chi connectivity index (χ4n) is 2.96. The Morgan fingerprint density at radius 1 is 1.12 bits per heavy atom. The normalized spacial score (nSPS) is 19.0. The van der Waals surface area contributed by atoms with E-state index in [4.69, 9.17) is 25.4 Å². The second-order valence-electron chi connectivity index (χ2n) is 5.46. The summed E-state index contributed by atoms with van der Waals surface area (Å²) < 4.78 is 16.1. The Morgan fingerprint density at radius 2 is 1.88 bits per heavy atom. The van der Waals surface area contributed by atoms with Gasteiger partial charge in [-0.2, -0.15) is 5.26 Å². The van der Waals surface area contributed by atoms with Crippen molar-refractivity contribution in [2.24, 2.45) is 5.92 Å². The molecular weight excluding hydrogens is 306 g/mol. The van der Waals surface area contributed by atoms with Gasteiger partial charge in [0, 0.05) is 23.2 Å². The van der Waals surface area contributed by atoms with Gasteiger partial charge in [0.15, 0.2) is 11.5 Å². The summed E-state index contributed by atoms with van der Waals surface area (Å²) in [5, 5.41) is 17.6. The van der Waals surface area contributed by atoms with Crippen LogP contribution in [0.25, 0.3) is 0 Å². The highest BCUT2D eigenvalue weighted by atomic mass is 16.5. The molecule has 0 radical (unpaired) electrons. The fraction of sp³-hybridized carbons (Fsp3) is 0.222. The topological polar surface area (TPSA) is 101 Å². The molecule has 0 aromatic heterocycles. The van der Waals surface area contributed by atoms with Crippen LogP contribution in [0.15, 0.2) is 36.4 Å². The molecule has 0 saturated carbocycles. The van der Waals surface area contributed by atoms with Crippen molar-refractivity contribution in [1.82, 2.24) is 0 Å². The predicted molar refractivity (Wildman–Crippen MR) is 89.7 cm³/mol. The van der Waals surface area contributed by atoms with Gasteiger partial charge in [-0.25, -0.2) is 0 Å². The average molecular weight is 323 g/mol. The summed E-state index contributed by atoms with van der Waals surface area (Å²) in [6.45, 7) is 0. The van der Waals surface area contributed by atoms with Crippen molar-refractivity contribution >= 4 is 11.6 Å². The molecule has 2 aromatic carbocycles. The Hall–Kier alpha value is -3.20. The maximum absolute atomic E-state index is 9.55. The molecule has 1 aliphatic rings. The quantitative estimate of drug-likeness (QED) is 0.846. The van der Waals surface area contributed by atoms with Crippen LogP contribution in [0.4, 0.5) is 5.69 Å². The third kappa shape index (κ3) is 2.50. The highest BCUT2D eigenvalue weighted by molar-refractivity contribution is 5.85. The number of methoxy groups -OCH3 is 2. The van der Waals surface area contributed by atoms with Crippen molar-refractivity contribution in [2.45, 2.75) is 5.92 Å². The maximum atomic E-state index is 9.55. The van der Waals surface area contributed by atoms with Crippen molar-refractivity contribution in [2.75, 3.05) is 20.0 Å². The van der Waals surface area contributed by atoms with E-state index in [1.165, 1.54) is 0 Å². The molecule has 6 nitrogen and oxygen atoms in total. The molecule has 3 N–H and O–H groups in total. The number of hydrogen-bond donors (Lipinski definition) is 2. The highest BCUT2D eigenvalue weighted by Crippen LogP contribution is 2.44. The fourth-order valence-corrected chi connectivity index (χ4v) is 2.96. The van der Waals surface area contributed by atoms with E-state index in [0.29, 0.717) is 22.9 Å². The second kappa shape index (κ2) is 6.13. The summed E-state index contributed by atoms with van der Waals surface area (Å²) in [6, 6.07) is 12.9. The Bertz CT molecular complexity index is 842. The number of nitriles is 1. The minimum absolute atomic E-state index is 0.0876. The molecule has 1 heterocycles. The number of benzene rings is 2. The van der Waals surface area contributed by atoms with E-state index in [1.54, 1.807) is 32.4 Å². The van der Waals surface area contributed by atoms with Gasteiger partial charge >= 0.3 is 0 Å². The van der Waals surface area contributed by atoms with Gasteiger partial charge in [0.25, 0.3) is 0 Å². The lowest BCUT2D eigenvalue weighted by molar-refractivity contribution is 0.354. The van der Waals surface area contributed by atoms with Gasteiger partial charge in [-0.1, -0.05) is 12.1 Å². The van der Waals surface area contributed by atoms with E-state index < -0.39 is 5.92 Å². The summed E-state index contributed by atoms with van der Waals surface area (Å²) in [6.07, 6.45) is 0. The standard InChI is InChI=1S/C18H17N3O3/c1-22-14-6-3-10(7-16(14)23-2)17-12-5-4-11(20)8-15(12)24-18(21)13(17)9-19/h3-8,13,17,21H,20H2,1-2H3. The first kappa shape index (κ1) is 15.7. The smallest absolute Gasteiger partial charge is 0.205 e. The van der Waals surface area contributed by atoms with E-state index in [1.807, 2.05) is 18.2 Å². The molecule has 24 heavy (non-hydrogen) atoms. The van der Waals surface area contributed by atoms with E-state index in [2.05, 4.69) is 6.07 Å². The highest BCUT2D eigenvalue weighted by Gasteiger charge is 2.37. The molecule has 6 heteroatoms. The molecular formula is C18H17N3O3. The van der Waals surface area contributed by atoms with E-state index in [-0.39, 0.29) is 11.8 Å². The first-order valence-corrected chi connectivity index (χ1v) is 7.36. The summed E-state index contributed by atoms with van der Waals surface area (Å²) >= 11 is 0. The summed E-state index contributed by atoms with van der Waals surface area (Å²) in [7, 11) is 3.13. The molecule has 3 rings (SSSR count). The van der Waals surface area contributed by atoms with Gasteiger partial charge in [-0.05, 0) is 23.8 Å². The molecule has 0 spiro atoms. The lowest BCUT2D eigenvalue weighted by Gasteiger charge is -2.30. The molecule has 122 valence electrons. The number of ether oxygens (including phenoxy) is 3. The molecule has 0 fully saturated rings. The Morgan fingerprint density at radius 3 is 2.54 bits per heavy atom. The summed E-state index contributed by atoms with van der Waals surface area (Å²) in [5.41, 5.74) is 8.02. The number of fused-ring (bicyclic) bond motifs is 1. The van der Waals surface area contributed by atoms with Crippen molar-refractivity contribution in [1.29, 1.82) is 10.7 Å². The molecule has 0 bridgehead atoms. The van der Waals surface area contributed by atoms with Crippen LogP contribution in [-0.2, 0) is 0 Å². The number of nitrogen functional groups attached to an aromatic ring is 1. The minimum atomic E-state index is -0.723. The molecule has 2 unspecified atom stereocenters. The van der Waals surface area contributed by atoms with Gasteiger partial charge in [-0.3, -0.25) is 5.41 Å². The lowest BCUT2D eigenvalue weighted by atomic mass is 9.79. The van der Waals surface area contributed by atoms with Crippen LogP contribution in [-0.4, -0.2) is 20.1 Å². The number of nitrogens with zero attached hydrogens (tertiary/aromatic N) is 1. The van der Waals surface area contributed by atoms with Gasteiger partial charge in [-0.15, -0.1) is 0 Å². The zero-order valence-corrected chi connectivity index (χ0v) is 13.4. The van der Waals surface area contributed by atoms with E-state index >= 15 is 0 Å². The van der Waals surface area contributed by atoms with Crippen LogP contribution in [0.1, 0.15) is 17.0 Å². The Labute approximate surface area is 139 Å². The minimum Gasteiger partial charge on any atom is -0.493 e. The van der Waals surface area contributed by atoms with Crippen molar-refractivity contribution < 1.29 is 14.2 Å². The predicted octanol–water partition coefficient (Wildman–Crippen LogP) is 2.93. The molecule has 2 atom stereocenters. The molecule has 0 amide bonds. The van der Waals surface area contributed by atoms with Crippen LogP contribution in [0.3, 0.4) is 0 Å². The van der Waals surface area contributed by atoms with Crippen molar-refractivity contribution in [3.63, 3.8) is 0 Å². The van der Waals surface area contributed by atoms with Gasteiger partial charge < -0.3 is 19.9 Å². The molecule has 0 aliphatic carbocycles. The first-order valence-electron chi connectivity index (χ1n) is 7.36. The van der Waals surface area contributed by atoms with Crippen LogP contribution < -0.4 is 19.9 Å². The first-order chi connectivity index (χ1) is 11.6. The largest absolute Gasteiger partial charge is 0.493 e. The lowest BCUT2D eigenvalue weighted by Crippen LogP contribution is -2.31. The van der Waals surface area contributed by atoms with Gasteiger partial charge in [0.2, 0.25) is 5.90 Å². The third-order valence-corrected chi connectivity index (χ3v) is 4.11. The number of anilines is 1. The SMILES string of the molecule is COc1ccc(C2c3ccc(N)cc3OC(=N)C2C#N)cc1OC. The number of nitrogens with one attached hydrogen (secondary N) is 1. The maximum Gasteiger partial charge on any atom is 0.205 e. The molecule has 1 aliphatic heterocycles. The molecule has 0 saturated heterocycles. The van der Waals surface area contributed by atoms with Crippen LogP contribution in [0.5, 0.6) is 17.2 Å². The monoisotopic (exact) mass is 323 g/mol. The molecule has 2 aromatic rings. The zero-order valence-electron chi connectivity index (χ0n) is 13.4. The number of hydrogen-bond acceptors (Lipinski definition) is 6. The third-order valence-electron chi connectivity index (χ3n) is 4.11.